The Kier molecular flexibility index (Phi) is 4.57. The number of alkyl halides is 2. The predicted octanol–water partition coefficient (Wildman–Crippen LogP) is 3.97. The molecule has 0 aliphatic rings. The maximum Gasteiger partial charge on any atom is 0.250 e. The van der Waals surface area contributed by atoms with Gasteiger partial charge < -0.3 is 5.32 Å². The lowest BCUT2D eigenvalue weighted by atomic mass is 10.2. The second-order valence-corrected chi connectivity index (χ2v) is 5.09. The lowest BCUT2D eigenvalue weighted by molar-refractivity contribution is 0.142. The van der Waals surface area contributed by atoms with Gasteiger partial charge in [0.25, 0.3) is 6.43 Å². The molecule has 1 aromatic rings. The Bertz CT molecular complexity index is 304. The summed E-state index contributed by atoms with van der Waals surface area (Å²) in [5.41, 5.74) is 0.766. The molecule has 1 heterocycles. The molecule has 1 nitrogen and oxygen atoms in total. The van der Waals surface area contributed by atoms with E-state index in [4.69, 9.17) is 23.2 Å². The van der Waals surface area contributed by atoms with Crippen LogP contribution in [0.25, 0.3) is 0 Å². The molecule has 14 heavy (non-hydrogen) atoms. The third-order valence-electron chi connectivity index (χ3n) is 1.73. The van der Waals surface area contributed by atoms with Gasteiger partial charge in [-0.3, -0.25) is 0 Å². The second kappa shape index (κ2) is 5.26. The van der Waals surface area contributed by atoms with E-state index in [1.165, 1.54) is 11.3 Å². The van der Waals surface area contributed by atoms with Crippen molar-refractivity contribution in [3.8, 4) is 0 Å². The van der Waals surface area contributed by atoms with Gasteiger partial charge in [-0.2, -0.15) is 0 Å². The Labute approximate surface area is 95.0 Å². The van der Waals surface area contributed by atoms with Gasteiger partial charge in [-0.05, 0) is 18.6 Å². The molecule has 6 heteroatoms. The maximum absolute atomic E-state index is 11.9. The summed E-state index contributed by atoms with van der Waals surface area (Å²) in [5, 5.41) is 2.67. The van der Waals surface area contributed by atoms with Crippen molar-refractivity contribution in [2.24, 2.45) is 0 Å². The van der Waals surface area contributed by atoms with Crippen molar-refractivity contribution in [3.63, 3.8) is 0 Å². The third-order valence-corrected chi connectivity index (χ3v) is 3.25. The first-order chi connectivity index (χ1) is 6.50. The van der Waals surface area contributed by atoms with E-state index in [0.29, 0.717) is 8.67 Å². The SMILES string of the molecule is CC(NCC(F)F)c1cc(Cl)sc1Cl. The maximum atomic E-state index is 11.9. The van der Waals surface area contributed by atoms with Crippen molar-refractivity contribution in [2.75, 3.05) is 6.54 Å². The predicted molar refractivity (Wildman–Crippen MR) is 56.8 cm³/mol. The molecule has 0 fully saturated rings. The van der Waals surface area contributed by atoms with Gasteiger partial charge in [-0.15, -0.1) is 11.3 Å². The van der Waals surface area contributed by atoms with Gasteiger partial charge >= 0.3 is 0 Å². The summed E-state index contributed by atoms with van der Waals surface area (Å²) in [6.07, 6.45) is -2.36. The third kappa shape index (κ3) is 3.35. The molecule has 0 saturated carbocycles. The molecule has 1 unspecified atom stereocenters. The summed E-state index contributed by atoms with van der Waals surface area (Å²) in [7, 11) is 0. The average Bonchev–Trinajstić information content (AvgIpc) is 2.41. The number of hydrogen-bond acceptors (Lipinski definition) is 2. The molecule has 80 valence electrons. The van der Waals surface area contributed by atoms with Crippen LogP contribution >= 0.6 is 34.5 Å². The topological polar surface area (TPSA) is 12.0 Å². The summed E-state index contributed by atoms with van der Waals surface area (Å²) in [6.45, 7) is 1.43. The lowest BCUT2D eigenvalue weighted by Gasteiger charge is -2.12. The molecule has 0 aliphatic carbocycles. The van der Waals surface area contributed by atoms with Crippen molar-refractivity contribution in [1.29, 1.82) is 0 Å². The minimum atomic E-state index is -2.36. The van der Waals surface area contributed by atoms with E-state index in [1.807, 2.05) is 0 Å². The molecule has 0 aromatic carbocycles. The standard InChI is InChI=1S/C8H9Cl2F2NS/c1-4(13-3-7(11)12)5-2-6(9)14-8(5)10/h2,4,7,13H,3H2,1H3. The van der Waals surface area contributed by atoms with Crippen LogP contribution in [0.1, 0.15) is 18.5 Å². The molecule has 1 rings (SSSR count). The molecule has 1 N–H and O–H groups in total. The quantitative estimate of drug-likeness (QED) is 0.863. The average molecular weight is 260 g/mol. The summed E-state index contributed by atoms with van der Waals surface area (Å²) < 4.78 is 24.9. The van der Waals surface area contributed by atoms with Gasteiger partial charge in [0, 0.05) is 6.04 Å². The van der Waals surface area contributed by atoms with Crippen molar-refractivity contribution in [1.82, 2.24) is 5.32 Å². The summed E-state index contributed by atoms with van der Waals surface area (Å²) in [6, 6.07) is 1.48. The molecule has 0 amide bonds. The van der Waals surface area contributed by atoms with Crippen molar-refractivity contribution >= 4 is 34.5 Å². The highest BCUT2D eigenvalue weighted by Crippen LogP contribution is 2.34. The Morgan fingerprint density at radius 1 is 1.50 bits per heavy atom. The van der Waals surface area contributed by atoms with Crippen molar-refractivity contribution < 1.29 is 8.78 Å². The number of halogens is 4. The molecular weight excluding hydrogens is 251 g/mol. The fraction of sp³-hybridized carbons (Fsp3) is 0.500. The highest BCUT2D eigenvalue weighted by Gasteiger charge is 2.14. The van der Waals surface area contributed by atoms with E-state index < -0.39 is 6.43 Å². The number of rotatable bonds is 4. The molecule has 0 bridgehead atoms. The minimum Gasteiger partial charge on any atom is -0.305 e. The first kappa shape index (κ1) is 12.2. The summed E-state index contributed by atoms with van der Waals surface area (Å²) in [5.74, 6) is 0. The van der Waals surface area contributed by atoms with E-state index in [0.717, 1.165) is 5.56 Å². The van der Waals surface area contributed by atoms with Crippen molar-refractivity contribution in [2.45, 2.75) is 19.4 Å². The van der Waals surface area contributed by atoms with Crippen LogP contribution in [0.2, 0.25) is 8.67 Å². The monoisotopic (exact) mass is 259 g/mol. The number of hydrogen-bond donors (Lipinski definition) is 1. The van der Waals surface area contributed by atoms with Crippen LogP contribution < -0.4 is 5.32 Å². The zero-order valence-electron chi connectivity index (χ0n) is 7.36. The number of nitrogens with one attached hydrogen (secondary N) is 1. The van der Waals surface area contributed by atoms with Gasteiger partial charge in [0.1, 0.15) is 0 Å². The smallest absolute Gasteiger partial charge is 0.250 e. The largest absolute Gasteiger partial charge is 0.305 e. The first-order valence-corrected chi connectivity index (χ1v) is 5.54. The van der Waals surface area contributed by atoms with Gasteiger partial charge in [0.05, 0.1) is 15.2 Å². The Morgan fingerprint density at radius 3 is 2.57 bits per heavy atom. The lowest BCUT2D eigenvalue weighted by Crippen LogP contribution is -2.24. The van der Waals surface area contributed by atoms with Gasteiger partial charge in [0.2, 0.25) is 0 Å². The number of thiophene rings is 1. The molecule has 0 radical (unpaired) electrons. The van der Waals surface area contributed by atoms with Crippen molar-refractivity contribution in [3.05, 3.63) is 20.3 Å². The van der Waals surface area contributed by atoms with Crippen LogP contribution in [0.3, 0.4) is 0 Å². The summed E-state index contributed by atoms with van der Waals surface area (Å²) in [4.78, 5) is 0. The molecular formula is C8H9Cl2F2NS. The molecule has 1 atom stereocenters. The van der Waals surface area contributed by atoms with Gasteiger partial charge in [-0.25, -0.2) is 8.78 Å². The minimum absolute atomic E-state index is 0.208. The molecule has 0 saturated heterocycles. The van der Waals surface area contributed by atoms with Gasteiger partial charge in [0.15, 0.2) is 0 Å². The van der Waals surface area contributed by atoms with Gasteiger partial charge in [-0.1, -0.05) is 23.2 Å². The van der Waals surface area contributed by atoms with E-state index in [-0.39, 0.29) is 12.6 Å². The fourth-order valence-corrected chi connectivity index (χ4v) is 2.67. The molecule has 1 aromatic heterocycles. The zero-order chi connectivity index (χ0) is 10.7. The van der Waals surface area contributed by atoms with Crippen LogP contribution in [0, 0.1) is 0 Å². The normalized spacial score (nSPS) is 13.6. The highest BCUT2D eigenvalue weighted by molar-refractivity contribution is 7.20. The fourth-order valence-electron chi connectivity index (χ4n) is 1.02. The Balaban J connectivity index is 2.60. The van der Waals surface area contributed by atoms with Crippen LogP contribution in [0.5, 0.6) is 0 Å². The summed E-state index contributed by atoms with van der Waals surface area (Å²) >= 11 is 12.8. The Morgan fingerprint density at radius 2 is 2.14 bits per heavy atom. The Hall–Kier alpha value is 0.1000. The molecule has 0 aliphatic heterocycles. The second-order valence-electron chi connectivity index (χ2n) is 2.80. The van der Waals surface area contributed by atoms with E-state index in [9.17, 15) is 8.78 Å². The van der Waals surface area contributed by atoms with Crippen LogP contribution in [-0.2, 0) is 0 Å². The van der Waals surface area contributed by atoms with E-state index in [2.05, 4.69) is 5.32 Å². The van der Waals surface area contributed by atoms with Crippen LogP contribution in [0.15, 0.2) is 6.07 Å². The van der Waals surface area contributed by atoms with E-state index in [1.54, 1.807) is 13.0 Å². The van der Waals surface area contributed by atoms with Crippen LogP contribution in [-0.4, -0.2) is 13.0 Å². The van der Waals surface area contributed by atoms with Crippen LogP contribution in [0.4, 0.5) is 8.78 Å². The van der Waals surface area contributed by atoms with E-state index >= 15 is 0 Å². The highest BCUT2D eigenvalue weighted by atomic mass is 35.5. The first-order valence-electron chi connectivity index (χ1n) is 3.97. The molecule has 0 spiro atoms. The zero-order valence-corrected chi connectivity index (χ0v) is 9.69.